The topological polar surface area (TPSA) is 18.5 Å². The summed E-state index contributed by atoms with van der Waals surface area (Å²) >= 11 is 6.36. The molecule has 106 valence electrons. The number of halogens is 4. The van der Waals surface area contributed by atoms with Crippen LogP contribution >= 0.6 is 22.9 Å². The molecule has 19 heavy (non-hydrogen) atoms. The third kappa shape index (κ3) is 2.66. The van der Waals surface area contributed by atoms with Crippen molar-refractivity contribution in [3.05, 3.63) is 15.3 Å². The zero-order valence-electron chi connectivity index (χ0n) is 10.9. The van der Waals surface area contributed by atoms with Crippen LogP contribution in [-0.2, 0) is 15.5 Å². The van der Waals surface area contributed by atoms with E-state index in [1.54, 1.807) is 0 Å². The summed E-state index contributed by atoms with van der Waals surface area (Å²) in [6.45, 7) is 7.33. The van der Waals surface area contributed by atoms with Crippen molar-refractivity contribution in [3.63, 3.8) is 0 Å². The van der Waals surface area contributed by atoms with E-state index in [0.29, 0.717) is 11.3 Å². The molecule has 0 N–H and O–H groups in total. The normalized spacial score (nSPS) is 22.0. The Morgan fingerprint density at radius 1 is 1.16 bits per heavy atom. The third-order valence-electron chi connectivity index (χ3n) is 3.50. The summed E-state index contributed by atoms with van der Waals surface area (Å²) in [5.41, 5.74) is -0.986. The van der Waals surface area contributed by atoms with E-state index >= 15 is 0 Å². The van der Waals surface area contributed by atoms with Gasteiger partial charge in [0.25, 0.3) is 0 Å². The summed E-state index contributed by atoms with van der Waals surface area (Å²) in [7, 11) is -0.871. The molecule has 0 radical (unpaired) electrons. The van der Waals surface area contributed by atoms with Crippen LogP contribution in [0.25, 0.3) is 0 Å². The molecular weight excluding hydrogens is 299 g/mol. The van der Waals surface area contributed by atoms with E-state index in [1.807, 2.05) is 27.7 Å². The van der Waals surface area contributed by atoms with Gasteiger partial charge >= 0.3 is 13.3 Å². The average molecular weight is 313 g/mol. The molecule has 1 saturated heterocycles. The molecule has 1 aromatic rings. The second-order valence-electron chi connectivity index (χ2n) is 5.43. The molecule has 1 aromatic heterocycles. The molecule has 0 saturated carbocycles. The van der Waals surface area contributed by atoms with Crippen LogP contribution in [0.2, 0.25) is 4.34 Å². The van der Waals surface area contributed by atoms with E-state index in [1.165, 1.54) is 0 Å². The van der Waals surface area contributed by atoms with Gasteiger partial charge in [0.15, 0.2) is 0 Å². The van der Waals surface area contributed by atoms with E-state index in [-0.39, 0.29) is 9.80 Å². The minimum absolute atomic E-state index is 0.0471. The molecule has 2 rings (SSSR count). The molecular formula is C11H13BClF3O2S. The molecule has 0 aromatic carbocycles. The predicted molar refractivity (Wildman–Crippen MR) is 70.0 cm³/mol. The van der Waals surface area contributed by atoms with Crippen LogP contribution in [0.1, 0.15) is 32.6 Å². The van der Waals surface area contributed by atoms with Gasteiger partial charge in [-0.15, -0.1) is 11.3 Å². The number of alkyl halides is 3. The number of thiophene rings is 1. The van der Waals surface area contributed by atoms with Crippen LogP contribution in [0.5, 0.6) is 0 Å². The Kier molecular flexibility index (Phi) is 3.49. The fourth-order valence-electron chi connectivity index (χ4n) is 1.65. The summed E-state index contributed by atoms with van der Waals surface area (Å²) in [6.07, 6.45) is -4.41. The van der Waals surface area contributed by atoms with Crippen molar-refractivity contribution < 1.29 is 22.5 Å². The molecule has 0 unspecified atom stereocenters. The average Bonchev–Trinajstić information content (AvgIpc) is 2.65. The Morgan fingerprint density at radius 2 is 1.63 bits per heavy atom. The van der Waals surface area contributed by atoms with Gasteiger partial charge in [0.2, 0.25) is 0 Å². The van der Waals surface area contributed by atoms with Crippen LogP contribution in [0.3, 0.4) is 0 Å². The first kappa shape index (κ1) is 15.2. The Morgan fingerprint density at radius 3 is 2.00 bits per heavy atom. The van der Waals surface area contributed by atoms with Crippen LogP contribution in [0.15, 0.2) is 6.07 Å². The first-order valence-corrected chi connectivity index (χ1v) is 6.85. The second-order valence-corrected chi connectivity index (χ2v) is 7.08. The first-order valence-electron chi connectivity index (χ1n) is 5.66. The monoisotopic (exact) mass is 312 g/mol. The highest BCUT2D eigenvalue weighted by Crippen LogP contribution is 2.40. The maximum Gasteiger partial charge on any atom is 0.497 e. The highest BCUT2D eigenvalue weighted by Gasteiger charge is 2.53. The van der Waals surface area contributed by atoms with E-state index < -0.39 is 29.4 Å². The molecule has 1 fully saturated rings. The van der Waals surface area contributed by atoms with Gasteiger partial charge in [0, 0.05) is 5.46 Å². The third-order valence-corrected chi connectivity index (χ3v) is 4.93. The lowest BCUT2D eigenvalue weighted by atomic mass is 9.81. The highest BCUT2D eigenvalue weighted by molar-refractivity contribution is 7.18. The zero-order chi connectivity index (χ0) is 14.6. The number of hydrogen-bond donors (Lipinski definition) is 0. The molecule has 2 heterocycles. The summed E-state index contributed by atoms with van der Waals surface area (Å²) in [6, 6.07) is 0.995. The SMILES string of the molecule is CC1(C)OB(c2cc(C(F)(F)F)sc2Cl)OC1(C)C. The van der Waals surface area contributed by atoms with Crippen LogP contribution in [0.4, 0.5) is 13.2 Å². The van der Waals surface area contributed by atoms with E-state index in [9.17, 15) is 13.2 Å². The Labute approximate surface area is 119 Å². The van der Waals surface area contributed by atoms with Crippen molar-refractivity contribution in [1.29, 1.82) is 0 Å². The first-order chi connectivity index (χ1) is 8.44. The van der Waals surface area contributed by atoms with Gasteiger partial charge in [-0.2, -0.15) is 13.2 Å². The summed E-state index contributed by atoms with van der Waals surface area (Å²) < 4.78 is 49.4. The summed E-state index contributed by atoms with van der Waals surface area (Å²) in [4.78, 5) is -0.748. The molecule has 0 bridgehead atoms. The molecule has 0 amide bonds. The Balaban J connectivity index is 2.33. The van der Waals surface area contributed by atoms with E-state index in [2.05, 4.69) is 0 Å². The molecule has 0 atom stereocenters. The molecule has 0 aliphatic carbocycles. The highest BCUT2D eigenvalue weighted by atomic mass is 35.5. The van der Waals surface area contributed by atoms with Crippen molar-refractivity contribution >= 4 is 35.5 Å². The predicted octanol–water partition coefficient (Wildman–Crippen LogP) is 3.72. The van der Waals surface area contributed by atoms with Gasteiger partial charge in [0.05, 0.1) is 15.5 Å². The Bertz CT molecular complexity index is 483. The van der Waals surface area contributed by atoms with Crippen LogP contribution in [0, 0.1) is 0 Å². The van der Waals surface area contributed by atoms with Gasteiger partial charge in [-0.3, -0.25) is 0 Å². The molecule has 1 aliphatic rings. The molecule has 1 aliphatic heterocycles. The lowest BCUT2D eigenvalue weighted by molar-refractivity contribution is -0.134. The van der Waals surface area contributed by atoms with Gasteiger partial charge < -0.3 is 9.31 Å². The van der Waals surface area contributed by atoms with Crippen molar-refractivity contribution in [2.75, 3.05) is 0 Å². The van der Waals surface area contributed by atoms with E-state index in [0.717, 1.165) is 6.07 Å². The van der Waals surface area contributed by atoms with Crippen LogP contribution < -0.4 is 5.46 Å². The Hall–Kier alpha value is -0.235. The van der Waals surface area contributed by atoms with Gasteiger partial charge in [0.1, 0.15) is 4.88 Å². The summed E-state index contributed by atoms with van der Waals surface area (Å²) in [5, 5.41) is 0. The van der Waals surface area contributed by atoms with E-state index in [4.69, 9.17) is 20.9 Å². The van der Waals surface area contributed by atoms with Crippen LogP contribution in [-0.4, -0.2) is 18.3 Å². The molecule has 2 nitrogen and oxygen atoms in total. The lowest BCUT2D eigenvalue weighted by Gasteiger charge is -2.32. The fraction of sp³-hybridized carbons (Fsp3) is 0.636. The van der Waals surface area contributed by atoms with Crippen molar-refractivity contribution in [2.45, 2.75) is 45.1 Å². The van der Waals surface area contributed by atoms with Gasteiger partial charge in [-0.1, -0.05) is 11.6 Å². The second kappa shape index (κ2) is 4.38. The number of rotatable bonds is 1. The summed E-state index contributed by atoms with van der Waals surface area (Å²) in [5.74, 6) is 0. The quantitative estimate of drug-likeness (QED) is 0.736. The minimum Gasteiger partial charge on any atom is -0.399 e. The van der Waals surface area contributed by atoms with Gasteiger partial charge in [-0.05, 0) is 33.8 Å². The molecule has 8 heteroatoms. The zero-order valence-corrected chi connectivity index (χ0v) is 12.5. The standard InChI is InChI=1S/C11H13BClF3O2S/c1-9(2)10(3,4)18-12(17-9)6-5-7(11(14,15)16)19-8(6)13/h5H,1-4H3. The smallest absolute Gasteiger partial charge is 0.399 e. The molecule has 0 spiro atoms. The number of hydrogen-bond acceptors (Lipinski definition) is 3. The lowest BCUT2D eigenvalue weighted by Crippen LogP contribution is -2.41. The largest absolute Gasteiger partial charge is 0.497 e. The van der Waals surface area contributed by atoms with Crippen molar-refractivity contribution in [1.82, 2.24) is 0 Å². The van der Waals surface area contributed by atoms with Crippen molar-refractivity contribution in [2.24, 2.45) is 0 Å². The maximum atomic E-state index is 12.6. The maximum absolute atomic E-state index is 12.6. The van der Waals surface area contributed by atoms with Crippen molar-refractivity contribution in [3.8, 4) is 0 Å². The van der Waals surface area contributed by atoms with Gasteiger partial charge in [-0.25, -0.2) is 0 Å². The minimum atomic E-state index is -4.41. The fourth-order valence-corrected chi connectivity index (χ4v) is 2.81.